The fourth-order valence-electron chi connectivity index (χ4n) is 12.0. The lowest BCUT2D eigenvalue weighted by Gasteiger charge is -2.33. The Labute approximate surface area is 661 Å². The average Bonchev–Trinajstić information content (AvgIpc) is 1.62. The number of benzene rings is 5. The molecule has 11 rings (SSSR count). The van der Waals surface area contributed by atoms with Gasteiger partial charge in [0, 0.05) is 97.9 Å². The third-order valence-corrected chi connectivity index (χ3v) is 33.0. The van der Waals surface area contributed by atoms with E-state index in [9.17, 15) is 91.1 Å². The number of carbonyl (C=O) groups is 11. The molecule has 2 saturated heterocycles. The maximum absolute atomic E-state index is 14.8. The van der Waals surface area contributed by atoms with E-state index in [1.807, 2.05) is 76.9 Å². The first-order chi connectivity index (χ1) is 53.0. The maximum Gasteiger partial charge on any atom is 0.491 e. The van der Waals surface area contributed by atoms with E-state index in [1.54, 1.807) is 25.1 Å². The first kappa shape index (κ1) is 85.7. The number of nitrogens with one attached hydrogen (secondary N) is 8. The smallest absolute Gasteiger partial charge is 0.481 e. The van der Waals surface area contributed by atoms with E-state index in [1.165, 1.54) is 30.3 Å². The number of ketones is 1. The van der Waals surface area contributed by atoms with Crippen molar-refractivity contribution < 1.29 is 116 Å². The molecule has 14 N–H and O–H groups in total. The molecule has 1 spiro atoms. The van der Waals surface area contributed by atoms with E-state index in [-0.39, 0.29) is 147 Å². The van der Waals surface area contributed by atoms with Crippen LogP contribution in [0.1, 0.15) is 159 Å². The Morgan fingerprint density at radius 2 is 0.901 bits per heavy atom. The molecule has 0 aliphatic carbocycles. The summed E-state index contributed by atoms with van der Waals surface area (Å²) < 4.78 is 64.4. The Morgan fingerprint density at radius 1 is 0.459 bits per heavy atom. The SMILES string of the molecule is CC1(Cc2ccc(C(=O)NC(CCCCCC(=O)CCNC(=O)[C@H](CNC(=O)c3cc(F)c4c(c3)B(O)OC4)NC(=O)c3cc(F)c4c(c3)B(O)OC4)C(=O)O)cc2)SSC2(SS1)SS2.C[C@@H](CCCCNC(=O)CCNC(=O)[C@H](CNC(=O)c1ccc2c(c1)B(O)OC2)NC(=O)c1cc(F)c2c(c1)B(O)OC2)C(=O)O.[HH]. The summed E-state index contributed by atoms with van der Waals surface area (Å²) in [6, 6.07) is 14.4. The molecular formula is C69H79B4F3N8O21S6. The molecule has 111 heavy (non-hydrogen) atoms. The summed E-state index contributed by atoms with van der Waals surface area (Å²) in [7, 11) is 5.76. The van der Waals surface area contributed by atoms with Gasteiger partial charge in [0.2, 0.25) is 17.7 Å². The van der Waals surface area contributed by atoms with Gasteiger partial charge in [-0.1, -0.05) is 66.0 Å². The number of hydrogen-bond acceptors (Lipinski definition) is 25. The van der Waals surface area contributed by atoms with E-state index in [0.29, 0.717) is 56.1 Å². The molecular weight excluding hydrogens is 1570 g/mol. The lowest BCUT2D eigenvalue weighted by atomic mass is 9.78. The largest absolute Gasteiger partial charge is 0.491 e. The van der Waals surface area contributed by atoms with Crippen molar-refractivity contribution in [2.24, 2.45) is 5.92 Å². The highest BCUT2D eigenvalue weighted by atomic mass is 33.2. The summed E-state index contributed by atoms with van der Waals surface area (Å²) in [5, 5.41) is 79.1. The Kier molecular flexibility index (Phi) is 30.4. The van der Waals surface area contributed by atoms with E-state index in [2.05, 4.69) is 49.5 Å². The predicted octanol–water partition coefficient (Wildman–Crippen LogP) is 2.43. The predicted molar refractivity (Wildman–Crippen MR) is 417 cm³/mol. The number of carbonyl (C=O) groups excluding carboxylic acids is 9. The van der Waals surface area contributed by atoms with Crippen molar-refractivity contribution in [3.63, 3.8) is 0 Å². The van der Waals surface area contributed by atoms with Crippen LogP contribution >= 0.6 is 64.8 Å². The zero-order valence-electron chi connectivity index (χ0n) is 59.7. The van der Waals surface area contributed by atoms with Gasteiger partial charge < -0.3 is 91.5 Å². The normalized spacial score (nSPS) is 16.3. The van der Waals surface area contributed by atoms with Gasteiger partial charge in [0.05, 0.1) is 36.4 Å². The van der Waals surface area contributed by atoms with Gasteiger partial charge in [0.1, 0.15) is 41.4 Å². The Morgan fingerprint density at radius 3 is 1.41 bits per heavy atom. The number of carboxylic acid groups (broad SMARTS) is 2. The van der Waals surface area contributed by atoms with E-state index < -0.39 is 130 Å². The van der Waals surface area contributed by atoms with Gasteiger partial charge in [-0.25, -0.2) is 18.0 Å². The van der Waals surface area contributed by atoms with Crippen LogP contribution in [-0.4, -0.2) is 181 Å². The molecule has 8 amide bonds. The van der Waals surface area contributed by atoms with Crippen LogP contribution in [0.5, 0.6) is 0 Å². The molecule has 6 aliphatic rings. The van der Waals surface area contributed by atoms with Crippen LogP contribution in [0, 0.1) is 23.4 Å². The molecule has 0 radical (unpaired) electrons. The number of amides is 8. The highest BCUT2D eigenvalue weighted by molar-refractivity contribution is 9.14. The fraction of sp³-hybridized carbons (Fsp3) is 0.406. The van der Waals surface area contributed by atoms with Crippen LogP contribution in [0.4, 0.5) is 13.2 Å². The topological polar surface area (TPSA) is 442 Å². The van der Waals surface area contributed by atoms with E-state index >= 15 is 0 Å². The first-order valence-corrected chi connectivity index (χ1v) is 41.7. The van der Waals surface area contributed by atoms with Crippen LogP contribution in [-0.2, 0) is 80.2 Å². The lowest BCUT2D eigenvalue weighted by Crippen LogP contribution is -2.53. The number of aliphatic carboxylic acids is 2. The van der Waals surface area contributed by atoms with Crippen LogP contribution in [0.2, 0.25) is 0 Å². The van der Waals surface area contributed by atoms with Crippen molar-refractivity contribution in [2.75, 3.05) is 32.7 Å². The molecule has 4 atom stereocenters. The van der Waals surface area contributed by atoms with Gasteiger partial charge >= 0.3 is 40.4 Å². The van der Waals surface area contributed by atoms with Gasteiger partial charge in [-0.05, 0) is 176 Å². The Hall–Kier alpha value is -7.70. The summed E-state index contributed by atoms with van der Waals surface area (Å²) >= 11 is 0. The summed E-state index contributed by atoms with van der Waals surface area (Å²) in [5.74, 6) is -10.7. The molecule has 6 heterocycles. The molecule has 0 aromatic heterocycles. The minimum atomic E-state index is -1.48. The van der Waals surface area contributed by atoms with Gasteiger partial charge in [-0.3, -0.25) is 47.9 Å². The second-order valence-electron chi connectivity index (χ2n) is 26.8. The number of Topliss-reactive ketones (excluding diaryl/α,β-unsaturated/α-hetero) is 1. The molecule has 6 aliphatic heterocycles. The fourth-order valence-corrected chi connectivity index (χ4v) is 25.1. The van der Waals surface area contributed by atoms with Crippen molar-refractivity contribution in [1.82, 2.24) is 42.5 Å². The molecule has 0 saturated carbocycles. The van der Waals surface area contributed by atoms with Gasteiger partial charge in [-0.15, -0.1) is 0 Å². The van der Waals surface area contributed by atoms with Gasteiger partial charge in [-0.2, -0.15) is 0 Å². The first-order valence-electron chi connectivity index (χ1n) is 35.2. The highest BCUT2D eigenvalue weighted by Gasteiger charge is 2.55. The molecule has 590 valence electrons. The van der Waals surface area contributed by atoms with Crippen LogP contribution < -0.4 is 64.4 Å². The standard InChI is InChI=1S/C40H42B2F2N4O11S6.C29H35B2FN4O10.H2/c1-39(60-62-40(63-61-39)64-65-40)17-21-7-9-22(10-8-21)35(51)47-32(38(54)55)6-4-2-3-5-25(49)11-12-45-37(53)33(48-36(52)24-14-29-27(31(44)16-24)20-59-42(29)57)18-46-34(50)23-13-28-26(30(43)15-23)19-58-41(28)56;1-16(29(41)42)4-2-3-8-33-25(37)7-9-34-28(40)24(13-35-26(38)17-5-6-18-14-45-30(43)21(18)10-17)36-27(39)19-11-22-20(23(32)12-19)15-46-31(22)44;/h7-10,13-16,32-33,56-57H,2-6,11-12,17-20H2,1H3,(H,45,53)(H,46,50)(H,47,51)(H,48,52)(H,54,55);5-6,10-12,16,24,43-44H,2-4,7-9,13-15H2,1H3,(H,33,37)(H,34,40)(H,35,38)(H,36,39)(H,41,42);1H/t32?,33-;16-,24-;/m00./s1. The number of carboxylic acids is 2. The zero-order valence-corrected chi connectivity index (χ0v) is 64.6. The van der Waals surface area contributed by atoms with Crippen LogP contribution in [0.25, 0.3) is 0 Å². The van der Waals surface area contributed by atoms with Crippen molar-refractivity contribution in [1.29, 1.82) is 0 Å². The highest BCUT2D eigenvalue weighted by Crippen LogP contribution is 2.85. The number of fused-ring (bicyclic) bond motifs is 4. The Balaban J connectivity index is 0.000000270. The zero-order chi connectivity index (χ0) is 79.8. The lowest BCUT2D eigenvalue weighted by molar-refractivity contribution is -0.141. The van der Waals surface area contributed by atoms with Gasteiger partial charge in [0.25, 0.3) is 29.5 Å². The molecule has 29 nitrogen and oxygen atoms in total. The van der Waals surface area contributed by atoms with Crippen molar-refractivity contribution in [3.8, 4) is 0 Å². The van der Waals surface area contributed by atoms with E-state index in [4.69, 9.17) is 23.7 Å². The van der Waals surface area contributed by atoms with Crippen LogP contribution in [0.3, 0.4) is 0 Å². The molecule has 5 aromatic carbocycles. The quantitative estimate of drug-likeness (QED) is 0.0120. The molecule has 2 fully saturated rings. The average molecular weight is 1650 g/mol. The van der Waals surface area contributed by atoms with E-state index in [0.717, 1.165) is 35.7 Å². The van der Waals surface area contributed by atoms with Gasteiger partial charge in [0.15, 0.2) is 2.74 Å². The maximum atomic E-state index is 14.8. The summed E-state index contributed by atoms with van der Waals surface area (Å²) in [5.41, 5.74) is 2.63. The monoisotopic (exact) mass is 1650 g/mol. The summed E-state index contributed by atoms with van der Waals surface area (Å²) in [6.07, 6.45) is 3.95. The van der Waals surface area contributed by atoms with Crippen molar-refractivity contribution >= 4 is 180 Å². The minimum Gasteiger partial charge on any atom is -0.481 e. The Bertz CT molecular complexity index is 4380. The second kappa shape index (κ2) is 39.4. The number of hydrogen-bond donors (Lipinski definition) is 14. The number of unbranched alkanes of at least 4 members (excludes halogenated alkanes) is 3. The summed E-state index contributed by atoms with van der Waals surface area (Å²) in [4.78, 5) is 140. The van der Waals surface area contributed by atoms with Crippen LogP contribution in [0.15, 0.2) is 78.9 Å². The summed E-state index contributed by atoms with van der Waals surface area (Å²) in [6.45, 7) is 2.65. The number of rotatable bonds is 35. The minimum absolute atomic E-state index is 0. The number of halogens is 3. The third-order valence-electron chi connectivity index (χ3n) is 18.5. The molecule has 5 aromatic rings. The molecule has 42 heteroatoms. The van der Waals surface area contributed by atoms with Crippen molar-refractivity contribution in [3.05, 3.63) is 152 Å². The molecule has 1 unspecified atom stereocenters. The second-order valence-corrected chi connectivity index (χ2v) is 36.9. The van der Waals surface area contributed by atoms with Crippen molar-refractivity contribution in [2.45, 2.75) is 136 Å². The molecule has 0 bridgehead atoms. The third kappa shape index (κ3) is 23.5.